The molecule has 0 radical (unpaired) electrons. The number of benzene rings is 1. The first-order valence-electron chi connectivity index (χ1n) is 6.53. The van der Waals surface area contributed by atoms with Gasteiger partial charge in [-0.2, -0.15) is 0 Å². The van der Waals surface area contributed by atoms with Gasteiger partial charge in [0.15, 0.2) is 17.6 Å². The van der Waals surface area contributed by atoms with Crippen molar-refractivity contribution in [3.8, 4) is 17.2 Å². The largest absolute Gasteiger partial charge is 0.493 e. The first kappa shape index (κ1) is 13.5. The summed E-state index contributed by atoms with van der Waals surface area (Å²) in [6, 6.07) is 5.43. The highest BCUT2D eigenvalue weighted by Gasteiger charge is 2.49. The quantitative estimate of drug-likeness (QED) is 0.830. The predicted octanol–water partition coefficient (Wildman–Crippen LogP) is 0.957. The number of hydrogen-bond donors (Lipinski definition) is 1. The summed E-state index contributed by atoms with van der Waals surface area (Å²) in [6.07, 6.45) is -1.24. The summed E-state index contributed by atoms with van der Waals surface area (Å²) in [5.41, 5.74) is 0. The molecule has 1 aliphatic heterocycles. The van der Waals surface area contributed by atoms with Crippen LogP contribution in [0.1, 0.15) is 6.42 Å². The predicted molar refractivity (Wildman–Crippen MR) is 69.2 cm³/mol. The maximum Gasteiger partial charge on any atom is 0.203 e. The first-order valence-corrected chi connectivity index (χ1v) is 6.53. The van der Waals surface area contributed by atoms with Crippen LogP contribution in [0.15, 0.2) is 18.2 Å². The van der Waals surface area contributed by atoms with Gasteiger partial charge in [-0.25, -0.2) is 0 Å². The van der Waals surface area contributed by atoms with Gasteiger partial charge in [0.05, 0.1) is 13.2 Å². The van der Waals surface area contributed by atoms with Gasteiger partial charge in [0.1, 0.15) is 19.0 Å². The van der Waals surface area contributed by atoms with E-state index in [2.05, 4.69) is 0 Å². The highest BCUT2D eigenvalue weighted by Crippen LogP contribution is 2.45. The van der Waals surface area contributed by atoms with Crippen molar-refractivity contribution in [1.29, 1.82) is 0 Å². The van der Waals surface area contributed by atoms with Crippen molar-refractivity contribution < 1.29 is 28.8 Å². The lowest BCUT2D eigenvalue weighted by Gasteiger charge is -2.31. The maximum atomic E-state index is 10.2. The highest BCUT2D eigenvalue weighted by molar-refractivity contribution is 5.52. The molecule has 4 atom stereocenters. The molecule has 4 unspecified atom stereocenters. The van der Waals surface area contributed by atoms with Gasteiger partial charge in [-0.3, -0.25) is 0 Å². The number of para-hydroxylation sites is 1. The molecule has 110 valence electrons. The van der Waals surface area contributed by atoms with Crippen molar-refractivity contribution in [2.75, 3.05) is 21.0 Å². The summed E-state index contributed by atoms with van der Waals surface area (Å²) in [6.45, 7) is 0.136. The number of rotatable bonds is 4. The Bertz CT molecular complexity index is 477. The van der Waals surface area contributed by atoms with E-state index in [-0.39, 0.29) is 19.0 Å². The molecule has 1 aliphatic carbocycles. The van der Waals surface area contributed by atoms with E-state index in [0.717, 1.165) is 0 Å². The van der Waals surface area contributed by atoms with Crippen LogP contribution >= 0.6 is 0 Å². The van der Waals surface area contributed by atoms with Gasteiger partial charge >= 0.3 is 0 Å². The van der Waals surface area contributed by atoms with E-state index < -0.39 is 12.2 Å². The van der Waals surface area contributed by atoms with Crippen molar-refractivity contribution in [2.24, 2.45) is 0 Å². The van der Waals surface area contributed by atoms with E-state index in [1.165, 1.54) is 0 Å². The normalized spacial score (nSPS) is 30.9. The van der Waals surface area contributed by atoms with Gasteiger partial charge in [0, 0.05) is 13.5 Å². The SMILES string of the molecule is COCOC1CC2Oc3c(OC)cccc3OC2C1O. The van der Waals surface area contributed by atoms with Crippen molar-refractivity contribution in [1.82, 2.24) is 0 Å². The lowest BCUT2D eigenvalue weighted by atomic mass is 10.2. The molecule has 1 aromatic carbocycles. The third kappa shape index (κ3) is 2.19. The molecule has 0 spiro atoms. The fraction of sp³-hybridized carbons (Fsp3) is 0.571. The van der Waals surface area contributed by atoms with Crippen LogP contribution < -0.4 is 14.2 Å². The number of hydrogen-bond acceptors (Lipinski definition) is 6. The molecule has 3 rings (SSSR count). The molecule has 1 heterocycles. The second-order valence-electron chi connectivity index (χ2n) is 4.86. The smallest absolute Gasteiger partial charge is 0.203 e. The number of ether oxygens (including phenoxy) is 5. The van der Waals surface area contributed by atoms with Crippen LogP contribution in [0.25, 0.3) is 0 Å². The van der Waals surface area contributed by atoms with E-state index in [4.69, 9.17) is 23.7 Å². The minimum Gasteiger partial charge on any atom is -0.493 e. The second kappa shape index (κ2) is 5.47. The van der Waals surface area contributed by atoms with E-state index in [1.807, 2.05) is 12.1 Å². The van der Waals surface area contributed by atoms with Crippen LogP contribution in [0.5, 0.6) is 17.2 Å². The average Bonchev–Trinajstić information content (AvgIpc) is 2.78. The molecule has 0 saturated heterocycles. The summed E-state index contributed by atoms with van der Waals surface area (Å²) < 4.78 is 27.4. The highest BCUT2D eigenvalue weighted by atomic mass is 16.7. The molecule has 0 amide bonds. The Morgan fingerprint density at radius 2 is 2.15 bits per heavy atom. The van der Waals surface area contributed by atoms with Gasteiger partial charge in [-0.1, -0.05) is 6.07 Å². The monoisotopic (exact) mass is 282 g/mol. The van der Waals surface area contributed by atoms with Gasteiger partial charge in [0.2, 0.25) is 5.75 Å². The Morgan fingerprint density at radius 1 is 1.30 bits per heavy atom. The molecule has 0 aromatic heterocycles. The standard InChI is InChI=1S/C14H18O6/c1-16-7-18-10-6-11-14(12(10)15)19-9-5-3-4-8(17-2)13(9)20-11/h3-5,10-12,14-15H,6-7H2,1-2H3. The summed E-state index contributed by atoms with van der Waals surface area (Å²) >= 11 is 0. The summed E-state index contributed by atoms with van der Waals surface area (Å²) in [5.74, 6) is 1.78. The molecule has 1 fully saturated rings. The summed E-state index contributed by atoms with van der Waals surface area (Å²) in [4.78, 5) is 0. The average molecular weight is 282 g/mol. The molecule has 20 heavy (non-hydrogen) atoms. The maximum absolute atomic E-state index is 10.2. The Hall–Kier alpha value is -1.50. The molecule has 2 aliphatic rings. The van der Waals surface area contributed by atoms with Crippen LogP contribution in [0.2, 0.25) is 0 Å². The number of methoxy groups -OCH3 is 2. The first-order chi connectivity index (χ1) is 9.74. The second-order valence-corrected chi connectivity index (χ2v) is 4.86. The summed E-state index contributed by atoms with van der Waals surface area (Å²) in [5, 5.41) is 10.2. The zero-order chi connectivity index (χ0) is 14.1. The topological polar surface area (TPSA) is 66.4 Å². The Balaban J connectivity index is 1.79. The Labute approximate surface area is 117 Å². The van der Waals surface area contributed by atoms with Crippen molar-refractivity contribution in [3.63, 3.8) is 0 Å². The fourth-order valence-electron chi connectivity index (χ4n) is 2.68. The van der Waals surface area contributed by atoms with E-state index in [1.54, 1.807) is 20.3 Å². The fourth-order valence-corrected chi connectivity index (χ4v) is 2.68. The van der Waals surface area contributed by atoms with Crippen LogP contribution in [0.4, 0.5) is 0 Å². The molecule has 0 bridgehead atoms. The van der Waals surface area contributed by atoms with Gasteiger partial charge < -0.3 is 28.8 Å². The molecular weight excluding hydrogens is 264 g/mol. The van der Waals surface area contributed by atoms with Crippen molar-refractivity contribution in [3.05, 3.63) is 18.2 Å². The minimum absolute atomic E-state index is 0.136. The molecule has 6 heteroatoms. The van der Waals surface area contributed by atoms with Crippen molar-refractivity contribution >= 4 is 0 Å². The Kier molecular flexibility index (Phi) is 3.69. The minimum atomic E-state index is -0.741. The number of fused-ring (bicyclic) bond motifs is 2. The lowest BCUT2D eigenvalue weighted by Crippen LogP contribution is -2.42. The van der Waals surface area contributed by atoms with Crippen LogP contribution in [-0.2, 0) is 9.47 Å². The molecular formula is C14H18O6. The molecule has 6 nitrogen and oxygen atoms in total. The number of aliphatic hydroxyl groups excluding tert-OH is 1. The Morgan fingerprint density at radius 3 is 2.90 bits per heavy atom. The summed E-state index contributed by atoms with van der Waals surface area (Å²) in [7, 11) is 3.13. The lowest BCUT2D eigenvalue weighted by molar-refractivity contribution is -0.113. The third-order valence-corrected chi connectivity index (χ3v) is 3.64. The van der Waals surface area contributed by atoms with Gasteiger partial charge in [-0.05, 0) is 12.1 Å². The van der Waals surface area contributed by atoms with Crippen molar-refractivity contribution in [2.45, 2.75) is 30.8 Å². The molecule has 1 saturated carbocycles. The zero-order valence-electron chi connectivity index (χ0n) is 11.4. The van der Waals surface area contributed by atoms with Crippen LogP contribution in [0.3, 0.4) is 0 Å². The van der Waals surface area contributed by atoms with Gasteiger partial charge in [-0.15, -0.1) is 0 Å². The zero-order valence-corrected chi connectivity index (χ0v) is 11.4. The van der Waals surface area contributed by atoms with Crippen LogP contribution in [-0.4, -0.2) is 50.5 Å². The molecule has 1 aromatic rings. The van der Waals surface area contributed by atoms with E-state index in [9.17, 15) is 5.11 Å². The number of aliphatic hydroxyl groups is 1. The van der Waals surface area contributed by atoms with Crippen LogP contribution in [0, 0.1) is 0 Å². The van der Waals surface area contributed by atoms with E-state index >= 15 is 0 Å². The molecule has 1 N–H and O–H groups in total. The third-order valence-electron chi connectivity index (χ3n) is 3.64. The van der Waals surface area contributed by atoms with Gasteiger partial charge in [0.25, 0.3) is 0 Å². The van der Waals surface area contributed by atoms with E-state index in [0.29, 0.717) is 23.7 Å².